The van der Waals surface area contributed by atoms with E-state index in [2.05, 4.69) is 15.9 Å². The van der Waals surface area contributed by atoms with Crippen molar-refractivity contribution in [3.05, 3.63) is 117 Å². The molecule has 3 aromatic rings. The van der Waals surface area contributed by atoms with Gasteiger partial charge in [0.15, 0.2) is 5.78 Å². The highest BCUT2D eigenvalue weighted by Crippen LogP contribution is 2.33. The number of rotatable bonds is 8. The van der Waals surface area contributed by atoms with E-state index in [1.165, 1.54) is 11.8 Å². The lowest BCUT2D eigenvalue weighted by Gasteiger charge is -2.25. The summed E-state index contributed by atoms with van der Waals surface area (Å²) in [6, 6.07) is 24.0. The summed E-state index contributed by atoms with van der Waals surface area (Å²) in [5, 5.41) is 9.83. The summed E-state index contributed by atoms with van der Waals surface area (Å²) < 4.78 is 1.51. The smallest absolute Gasteiger partial charge is 0.326 e. The number of hydrogen-bond acceptors (Lipinski definition) is 4. The molecule has 1 N–H and O–H groups in total. The second-order valence-corrected chi connectivity index (χ2v) is 10.7. The van der Waals surface area contributed by atoms with Crippen LogP contribution in [0.25, 0.3) is 12.2 Å². The Kier molecular flexibility index (Phi) is 8.33. The van der Waals surface area contributed by atoms with E-state index in [-0.39, 0.29) is 5.78 Å². The number of nitrogens with zero attached hydrogens (tertiary/aromatic N) is 1. The molecule has 4 rings (SSSR count). The molecule has 1 aliphatic rings. The molecule has 0 radical (unpaired) electrons. The van der Waals surface area contributed by atoms with E-state index < -0.39 is 12.0 Å². The van der Waals surface area contributed by atoms with Crippen LogP contribution in [0.3, 0.4) is 0 Å². The highest BCUT2D eigenvalue weighted by Gasteiger charge is 2.33. The first-order valence-electron chi connectivity index (χ1n) is 10.9. The maximum absolute atomic E-state index is 12.3. The molecule has 3 aromatic carbocycles. The predicted octanol–water partition coefficient (Wildman–Crippen LogP) is 6.72. The van der Waals surface area contributed by atoms with Gasteiger partial charge in [-0.1, -0.05) is 101 Å². The highest BCUT2D eigenvalue weighted by atomic mass is 79.9. The molecule has 0 aromatic heterocycles. The molecule has 1 aliphatic heterocycles. The fourth-order valence-electron chi connectivity index (χ4n) is 3.69. The molecule has 4 nitrogen and oxygen atoms in total. The van der Waals surface area contributed by atoms with Gasteiger partial charge in [0.05, 0.1) is 6.54 Å². The molecule has 0 bridgehead atoms. The quantitative estimate of drug-likeness (QED) is 0.186. The first kappa shape index (κ1) is 25.1. The SMILES string of the molecule is O=C(/C=C/c1ccc(/C=C2/CN([C@@H](Cc3ccccc3)C(=O)O)C(=S)S2)cc1)c1ccc(Br)cc1. The molecule has 0 spiro atoms. The van der Waals surface area contributed by atoms with E-state index in [0.29, 0.717) is 22.8 Å². The fourth-order valence-corrected chi connectivity index (χ4v) is 5.40. The molecule has 1 saturated heterocycles. The zero-order chi connectivity index (χ0) is 24.8. The van der Waals surface area contributed by atoms with Crippen LogP contribution >= 0.6 is 39.9 Å². The maximum Gasteiger partial charge on any atom is 0.326 e. The summed E-state index contributed by atoms with van der Waals surface area (Å²) in [7, 11) is 0. The molecule has 1 atom stereocenters. The monoisotopic (exact) mass is 563 g/mol. The number of thiocarbonyl (C=S) groups is 1. The van der Waals surface area contributed by atoms with Gasteiger partial charge in [-0.05, 0) is 53.1 Å². The van der Waals surface area contributed by atoms with Crippen LogP contribution in [0.1, 0.15) is 27.0 Å². The molecule has 1 heterocycles. The summed E-state index contributed by atoms with van der Waals surface area (Å²) in [6.45, 7) is 0.469. The Morgan fingerprint density at radius 2 is 1.66 bits per heavy atom. The summed E-state index contributed by atoms with van der Waals surface area (Å²) in [5.74, 6) is -0.935. The van der Waals surface area contributed by atoms with Crippen LogP contribution in [0.5, 0.6) is 0 Å². The van der Waals surface area contributed by atoms with Crippen molar-refractivity contribution in [2.45, 2.75) is 12.5 Å². The number of benzene rings is 3. The Bertz CT molecular complexity index is 1290. The average Bonchev–Trinajstić information content (AvgIpc) is 3.22. The zero-order valence-electron chi connectivity index (χ0n) is 18.6. The van der Waals surface area contributed by atoms with Gasteiger partial charge in [0, 0.05) is 21.4 Å². The lowest BCUT2D eigenvalue weighted by molar-refractivity contribution is -0.141. The van der Waals surface area contributed by atoms with Crippen molar-refractivity contribution in [1.29, 1.82) is 0 Å². The second-order valence-electron chi connectivity index (χ2n) is 8.02. The first-order valence-corrected chi connectivity index (χ1v) is 12.9. The number of ketones is 1. The van der Waals surface area contributed by atoms with E-state index in [9.17, 15) is 14.7 Å². The molecule has 0 unspecified atom stereocenters. The molecule has 7 heteroatoms. The third-order valence-corrected chi connectivity index (χ3v) is 7.46. The number of carboxylic acids is 1. The van der Waals surface area contributed by atoms with Crippen molar-refractivity contribution in [3.8, 4) is 0 Å². The molecule has 35 heavy (non-hydrogen) atoms. The predicted molar refractivity (Wildman–Crippen MR) is 150 cm³/mol. The van der Waals surface area contributed by atoms with Crippen molar-refractivity contribution < 1.29 is 14.7 Å². The minimum absolute atomic E-state index is 0.0526. The van der Waals surface area contributed by atoms with Gasteiger partial charge < -0.3 is 10.0 Å². The Balaban J connectivity index is 1.41. The number of carboxylic acid groups (broad SMARTS) is 1. The lowest BCUT2D eigenvalue weighted by Crippen LogP contribution is -2.42. The maximum atomic E-state index is 12.3. The van der Waals surface area contributed by atoms with E-state index in [0.717, 1.165) is 26.1 Å². The van der Waals surface area contributed by atoms with Gasteiger partial charge in [0.1, 0.15) is 10.4 Å². The van der Waals surface area contributed by atoms with Crippen LogP contribution in [0.2, 0.25) is 0 Å². The minimum Gasteiger partial charge on any atom is -0.480 e. The van der Waals surface area contributed by atoms with Crippen LogP contribution in [-0.2, 0) is 11.2 Å². The average molecular weight is 565 g/mol. The van der Waals surface area contributed by atoms with E-state index in [1.54, 1.807) is 29.2 Å². The van der Waals surface area contributed by atoms with Crippen molar-refractivity contribution in [2.75, 3.05) is 6.54 Å². The standard InChI is InChI=1S/C28H22BrNO3S2/c29-23-13-11-22(12-14-23)26(31)15-10-19-6-8-21(9-7-19)16-24-18-30(28(34)35-24)25(27(32)33)17-20-4-2-1-3-5-20/h1-16,25H,17-18H2,(H,32,33)/b15-10+,24-16-/t25-/m0/s1. The molecular weight excluding hydrogens is 542 g/mol. The third kappa shape index (κ3) is 6.78. The topological polar surface area (TPSA) is 57.6 Å². The number of carbonyl (C=O) groups is 2. The summed E-state index contributed by atoms with van der Waals surface area (Å²) in [4.78, 5) is 27.1. The Labute approximate surface area is 222 Å². The number of hydrogen-bond donors (Lipinski definition) is 1. The Morgan fingerprint density at radius 1 is 1.00 bits per heavy atom. The van der Waals surface area contributed by atoms with E-state index in [1.807, 2.05) is 72.8 Å². The van der Waals surface area contributed by atoms with Crippen LogP contribution in [0.4, 0.5) is 0 Å². The number of thioether (sulfide) groups is 1. The Hall–Kier alpha value is -3.00. The van der Waals surface area contributed by atoms with Crippen LogP contribution < -0.4 is 0 Å². The van der Waals surface area contributed by atoms with Gasteiger partial charge in [-0.3, -0.25) is 4.79 Å². The molecular formula is C28H22BrNO3S2. The minimum atomic E-state index is -0.883. The van der Waals surface area contributed by atoms with Gasteiger partial charge in [-0.15, -0.1) is 0 Å². The zero-order valence-corrected chi connectivity index (χ0v) is 21.9. The molecule has 0 aliphatic carbocycles. The number of allylic oxidation sites excluding steroid dienone is 1. The van der Waals surface area contributed by atoms with Gasteiger partial charge in [-0.2, -0.15) is 0 Å². The van der Waals surface area contributed by atoms with Crippen LogP contribution in [0.15, 0.2) is 94.3 Å². The fraction of sp³-hybridized carbons (Fsp3) is 0.107. The van der Waals surface area contributed by atoms with Gasteiger partial charge in [0.25, 0.3) is 0 Å². The number of halogens is 1. The van der Waals surface area contributed by atoms with Crippen molar-refractivity contribution in [1.82, 2.24) is 4.90 Å². The summed E-state index contributed by atoms with van der Waals surface area (Å²) in [6.07, 6.45) is 5.78. The largest absolute Gasteiger partial charge is 0.480 e. The second kappa shape index (κ2) is 11.6. The summed E-state index contributed by atoms with van der Waals surface area (Å²) in [5.41, 5.74) is 3.51. The lowest BCUT2D eigenvalue weighted by atomic mass is 10.0. The van der Waals surface area contributed by atoms with Crippen molar-refractivity contribution >= 4 is 68.1 Å². The van der Waals surface area contributed by atoms with E-state index >= 15 is 0 Å². The van der Waals surface area contributed by atoms with Crippen molar-refractivity contribution in [2.24, 2.45) is 0 Å². The van der Waals surface area contributed by atoms with Crippen molar-refractivity contribution in [3.63, 3.8) is 0 Å². The van der Waals surface area contributed by atoms with Gasteiger partial charge in [-0.25, -0.2) is 4.79 Å². The normalized spacial score (nSPS) is 15.6. The number of carbonyl (C=O) groups excluding carboxylic acids is 1. The molecule has 1 fully saturated rings. The first-order chi connectivity index (χ1) is 16.9. The van der Waals surface area contributed by atoms with E-state index in [4.69, 9.17) is 12.2 Å². The molecule has 176 valence electrons. The molecule has 0 saturated carbocycles. The highest BCUT2D eigenvalue weighted by molar-refractivity contribution is 9.10. The number of aliphatic carboxylic acids is 1. The third-order valence-electron chi connectivity index (χ3n) is 5.53. The van der Waals surface area contributed by atoms with Crippen LogP contribution in [0, 0.1) is 0 Å². The van der Waals surface area contributed by atoms with Crippen LogP contribution in [-0.4, -0.2) is 38.7 Å². The van der Waals surface area contributed by atoms with Gasteiger partial charge in [0.2, 0.25) is 0 Å². The van der Waals surface area contributed by atoms with Gasteiger partial charge >= 0.3 is 5.97 Å². The Morgan fingerprint density at radius 3 is 2.31 bits per heavy atom. The molecule has 0 amide bonds. The summed E-state index contributed by atoms with van der Waals surface area (Å²) >= 11 is 10.3.